The van der Waals surface area contributed by atoms with Crippen molar-refractivity contribution in [2.45, 2.75) is 32.1 Å². The summed E-state index contributed by atoms with van der Waals surface area (Å²) in [5.74, 6) is -1.13. The summed E-state index contributed by atoms with van der Waals surface area (Å²) in [6.07, 6.45) is 2.55. The van der Waals surface area contributed by atoms with Crippen molar-refractivity contribution in [1.82, 2.24) is 10.6 Å². The summed E-state index contributed by atoms with van der Waals surface area (Å²) in [7, 11) is 0. The van der Waals surface area contributed by atoms with Gasteiger partial charge in [0, 0.05) is 31.0 Å². The van der Waals surface area contributed by atoms with E-state index in [1.807, 2.05) is 24.3 Å². The van der Waals surface area contributed by atoms with Gasteiger partial charge in [-0.25, -0.2) is 9.59 Å². The lowest BCUT2D eigenvalue weighted by molar-refractivity contribution is -0.132. The number of benzene rings is 2. The Kier molecular flexibility index (Phi) is 8.02. The maximum Gasteiger partial charge on any atom is 0.407 e. The van der Waals surface area contributed by atoms with Gasteiger partial charge in [0.15, 0.2) is 0 Å². The molecule has 0 heterocycles. The van der Waals surface area contributed by atoms with E-state index in [0.29, 0.717) is 25.8 Å². The van der Waals surface area contributed by atoms with Crippen LogP contribution in [-0.4, -0.2) is 42.8 Å². The highest BCUT2D eigenvalue weighted by Gasteiger charge is 2.28. The lowest BCUT2D eigenvalue weighted by atomic mass is 9.98. The Morgan fingerprint density at radius 1 is 0.969 bits per heavy atom. The summed E-state index contributed by atoms with van der Waals surface area (Å²) in [6, 6.07) is 16.4. The number of carboxylic acid groups (broad SMARTS) is 1. The van der Waals surface area contributed by atoms with E-state index in [4.69, 9.17) is 9.84 Å². The summed E-state index contributed by atoms with van der Waals surface area (Å²) < 4.78 is 5.48. The average molecular weight is 437 g/mol. The molecule has 0 saturated heterocycles. The standard InChI is InChI=1S/C25H28N2O5/c1-17(24(29)30)13-15-26-23(28)12-6-7-14-27-25(31)32-16-22-20-10-4-2-8-18(20)19-9-3-5-11-21(19)22/h2-5,8-11,13,22H,6-7,12,14-16H2,1H3,(H,26,28)(H,27,31)(H,29,30)/b17-13+. The highest BCUT2D eigenvalue weighted by Crippen LogP contribution is 2.44. The van der Waals surface area contributed by atoms with Gasteiger partial charge in [-0.15, -0.1) is 0 Å². The Hall–Kier alpha value is -3.61. The molecular weight excluding hydrogens is 408 g/mol. The summed E-state index contributed by atoms with van der Waals surface area (Å²) >= 11 is 0. The van der Waals surface area contributed by atoms with E-state index in [1.54, 1.807) is 0 Å². The van der Waals surface area contributed by atoms with Crippen LogP contribution in [0.5, 0.6) is 0 Å². The highest BCUT2D eigenvalue weighted by atomic mass is 16.5. The van der Waals surface area contributed by atoms with E-state index in [0.717, 1.165) is 0 Å². The first kappa shape index (κ1) is 23.1. The predicted molar refractivity (Wildman–Crippen MR) is 121 cm³/mol. The summed E-state index contributed by atoms with van der Waals surface area (Å²) in [5, 5.41) is 14.1. The van der Waals surface area contributed by atoms with Gasteiger partial charge in [-0.2, -0.15) is 0 Å². The van der Waals surface area contributed by atoms with Crippen LogP contribution in [0.25, 0.3) is 11.1 Å². The molecular formula is C25H28N2O5. The second-order valence-electron chi connectivity index (χ2n) is 7.71. The molecule has 0 aromatic heterocycles. The molecule has 0 atom stereocenters. The fraction of sp³-hybridized carbons (Fsp3) is 0.320. The fourth-order valence-corrected chi connectivity index (χ4v) is 3.74. The number of hydrogen-bond acceptors (Lipinski definition) is 4. The van der Waals surface area contributed by atoms with Gasteiger partial charge in [0.1, 0.15) is 6.61 Å². The number of hydrogen-bond donors (Lipinski definition) is 3. The molecule has 0 radical (unpaired) electrons. The van der Waals surface area contributed by atoms with Crippen LogP contribution in [0, 0.1) is 0 Å². The maximum atomic E-state index is 12.1. The monoisotopic (exact) mass is 436 g/mol. The first-order chi connectivity index (χ1) is 15.5. The molecule has 168 valence electrons. The van der Waals surface area contributed by atoms with Crippen molar-refractivity contribution in [2.24, 2.45) is 0 Å². The van der Waals surface area contributed by atoms with Crippen molar-refractivity contribution < 1.29 is 24.2 Å². The summed E-state index contributed by atoms with van der Waals surface area (Å²) in [5.41, 5.74) is 4.90. The van der Waals surface area contributed by atoms with Crippen LogP contribution in [-0.2, 0) is 14.3 Å². The zero-order valence-electron chi connectivity index (χ0n) is 18.1. The van der Waals surface area contributed by atoms with Crippen molar-refractivity contribution in [1.29, 1.82) is 0 Å². The smallest absolute Gasteiger partial charge is 0.407 e. The third kappa shape index (κ3) is 5.97. The molecule has 2 aromatic rings. The Bertz CT molecular complexity index is 969. The number of carbonyl (C=O) groups is 3. The minimum absolute atomic E-state index is 0.0238. The maximum absolute atomic E-state index is 12.1. The minimum atomic E-state index is -1.00. The van der Waals surface area contributed by atoms with Crippen LogP contribution in [0.4, 0.5) is 4.79 Å². The number of nitrogens with one attached hydrogen (secondary N) is 2. The van der Waals surface area contributed by atoms with Gasteiger partial charge in [0.2, 0.25) is 5.91 Å². The van der Waals surface area contributed by atoms with Gasteiger partial charge in [0.05, 0.1) is 0 Å². The topological polar surface area (TPSA) is 105 Å². The zero-order chi connectivity index (χ0) is 22.9. The van der Waals surface area contributed by atoms with E-state index in [-0.39, 0.29) is 30.5 Å². The summed E-state index contributed by atoms with van der Waals surface area (Å²) in [4.78, 5) is 34.5. The SMILES string of the molecule is C/C(=C\CNC(=O)CCCCNC(=O)OCC1c2ccccc2-c2ccccc21)C(=O)O. The van der Waals surface area contributed by atoms with Crippen LogP contribution < -0.4 is 10.6 Å². The van der Waals surface area contributed by atoms with Gasteiger partial charge < -0.3 is 20.5 Å². The lowest BCUT2D eigenvalue weighted by Gasteiger charge is -2.14. The van der Waals surface area contributed by atoms with Crippen molar-refractivity contribution in [3.05, 3.63) is 71.3 Å². The highest BCUT2D eigenvalue weighted by molar-refractivity contribution is 5.86. The largest absolute Gasteiger partial charge is 0.478 e. The molecule has 2 aromatic carbocycles. The van der Waals surface area contributed by atoms with Gasteiger partial charge in [-0.1, -0.05) is 54.6 Å². The third-order valence-electron chi connectivity index (χ3n) is 5.49. The van der Waals surface area contributed by atoms with Gasteiger partial charge in [-0.3, -0.25) is 4.79 Å². The molecule has 0 bridgehead atoms. The molecule has 2 amide bonds. The van der Waals surface area contributed by atoms with E-state index in [1.165, 1.54) is 35.3 Å². The molecule has 7 heteroatoms. The molecule has 0 spiro atoms. The van der Waals surface area contributed by atoms with Crippen LogP contribution in [0.3, 0.4) is 0 Å². The second kappa shape index (κ2) is 11.1. The van der Waals surface area contributed by atoms with Crippen LogP contribution in [0.1, 0.15) is 43.2 Å². The summed E-state index contributed by atoms with van der Waals surface area (Å²) in [6.45, 7) is 2.35. The van der Waals surface area contributed by atoms with Crippen LogP contribution >= 0.6 is 0 Å². The van der Waals surface area contributed by atoms with E-state index >= 15 is 0 Å². The molecule has 1 aliphatic rings. The number of carbonyl (C=O) groups excluding carboxylic acids is 2. The first-order valence-electron chi connectivity index (χ1n) is 10.7. The molecule has 0 saturated carbocycles. The van der Waals surface area contributed by atoms with Crippen molar-refractivity contribution >= 4 is 18.0 Å². The molecule has 1 aliphatic carbocycles. The number of carboxylic acids is 1. The molecule has 3 N–H and O–H groups in total. The average Bonchev–Trinajstić information content (AvgIpc) is 3.11. The normalized spacial score (nSPS) is 12.6. The number of fused-ring (bicyclic) bond motifs is 3. The van der Waals surface area contributed by atoms with Crippen molar-refractivity contribution in [3.8, 4) is 11.1 Å². The molecule has 0 unspecified atom stereocenters. The fourth-order valence-electron chi connectivity index (χ4n) is 3.74. The third-order valence-corrected chi connectivity index (χ3v) is 5.49. The molecule has 32 heavy (non-hydrogen) atoms. The van der Waals surface area contributed by atoms with Gasteiger partial charge >= 0.3 is 12.1 Å². The number of alkyl carbamates (subject to hydrolysis) is 1. The number of amides is 2. The minimum Gasteiger partial charge on any atom is -0.478 e. The Morgan fingerprint density at radius 2 is 1.59 bits per heavy atom. The van der Waals surface area contributed by atoms with Crippen molar-refractivity contribution in [2.75, 3.05) is 19.7 Å². The van der Waals surface area contributed by atoms with E-state index in [9.17, 15) is 14.4 Å². The van der Waals surface area contributed by atoms with Crippen molar-refractivity contribution in [3.63, 3.8) is 0 Å². The lowest BCUT2D eigenvalue weighted by Crippen LogP contribution is -2.27. The molecule has 3 rings (SSSR count). The van der Waals surface area contributed by atoms with E-state index in [2.05, 4.69) is 34.9 Å². The Labute approximate surface area is 187 Å². The van der Waals surface area contributed by atoms with Gasteiger partial charge in [0.25, 0.3) is 0 Å². The predicted octanol–water partition coefficient (Wildman–Crippen LogP) is 3.84. The van der Waals surface area contributed by atoms with Crippen LogP contribution in [0.15, 0.2) is 60.2 Å². The number of aliphatic carboxylic acids is 1. The number of ether oxygens (including phenoxy) is 1. The quantitative estimate of drug-likeness (QED) is 0.388. The first-order valence-corrected chi connectivity index (χ1v) is 10.7. The zero-order valence-corrected chi connectivity index (χ0v) is 18.1. The van der Waals surface area contributed by atoms with Gasteiger partial charge in [-0.05, 0) is 42.0 Å². The molecule has 7 nitrogen and oxygen atoms in total. The molecule has 0 fully saturated rings. The van der Waals surface area contributed by atoms with E-state index < -0.39 is 12.1 Å². The van der Waals surface area contributed by atoms with Crippen LogP contribution in [0.2, 0.25) is 0 Å². The Balaban J connectivity index is 1.35. The number of unbranched alkanes of at least 4 members (excludes halogenated alkanes) is 1. The molecule has 0 aliphatic heterocycles. The number of rotatable bonds is 10. The Morgan fingerprint density at radius 3 is 2.22 bits per heavy atom. The second-order valence-corrected chi connectivity index (χ2v) is 7.71.